The quantitative estimate of drug-likeness (QED) is 0.672. The highest BCUT2D eigenvalue weighted by molar-refractivity contribution is 7.12. The van der Waals surface area contributed by atoms with Crippen LogP contribution >= 0.6 is 22.9 Å². The summed E-state index contributed by atoms with van der Waals surface area (Å²) in [7, 11) is 1.51. The average Bonchev–Trinajstić information content (AvgIpc) is 2.90. The van der Waals surface area contributed by atoms with Gasteiger partial charge in [0.25, 0.3) is 5.91 Å². The standard InChI is InChI=1S/C16H13ClN2O2S/c1-10-3-5-13(22-10)7-11(9-18)16(20)19-12-4-6-15(21-2)14(17)8-12/h3-8H,1-2H3,(H,19,20)/b11-7+. The maximum Gasteiger partial charge on any atom is 0.266 e. The van der Waals surface area contributed by atoms with E-state index in [1.807, 2.05) is 25.1 Å². The van der Waals surface area contributed by atoms with Gasteiger partial charge in [0.15, 0.2) is 0 Å². The molecule has 0 aliphatic rings. The van der Waals surface area contributed by atoms with Gasteiger partial charge in [-0.25, -0.2) is 0 Å². The highest BCUT2D eigenvalue weighted by atomic mass is 35.5. The summed E-state index contributed by atoms with van der Waals surface area (Å²) in [5.41, 5.74) is 0.535. The highest BCUT2D eigenvalue weighted by Crippen LogP contribution is 2.27. The summed E-state index contributed by atoms with van der Waals surface area (Å²) < 4.78 is 5.05. The van der Waals surface area contributed by atoms with E-state index in [0.717, 1.165) is 9.75 Å². The Kier molecular flexibility index (Phi) is 5.21. The van der Waals surface area contributed by atoms with Crippen molar-refractivity contribution in [3.63, 3.8) is 0 Å². The number of benzene rings is 1. The Morgan fingerprint density at radius 2 is 2.18 bits per heavy atom. The van der Waals surface area contributed by atoms with Crippen molar-refractivity contribution in [2.24, 2.45) is 0 Å². The zero-order valence-electron chi connectivity index (χ0n) is 12.0. The van der Waals surface area contributed by atoms with E-state index < -0.39 is 5.91 Å². The molecular formula is C16H13ClN2O2S. The van der Waals surface area contributed by atoms with Crippen molar-refractivity contribution >= 4 is 40.6 Å². The summed E-state index contributed by atoms with van der Waals surface area (Å²) in [4.78, 5) is 14.1. The van der Waals surface area contributed by atoms with Crippen LogP contribution in [0.1, 0.15) is 9.75 Å². The molecule has 2 aromatic rings. The van der Waals surface area contributed by atoms with Crippen molar-refractivity contribution in [2.75, 3.05) is 12.4 Å². The number of amides is 1. The molecule has 1 heterocycles. The van der Waals surface area contributed by atoms with E-state index in [1.165, 1.54) is 18.4 Å². The lowest BCUT2D eigenvalue weighted by Crippen LogP contribution is -2.13. The van der Waals surface area contributed by atoms with Gasteiger partial charge in [-0.1, -0.05) is 11.6 Å². The monoisotopic (exact) mass is 332 g/mol. The van der Waals surface area contributed by atoms with Gasteiger partial charge in [0.1, 0.15) is 17.4 Å². The van der Waals surface area contributed by atoms with Crippen molar-refractivity contribution < 1.29 is 9.53 Å². The molecular weight excluding hydrogens is 320 g/mol. The number of nitrogens with one attached hydrogen (secondary N) is 1. The van der Waals surface area contributed by atoms with Gasteiger partial charge in [-0.05, 0) is 43.3 Å². The predicted molar refractivity (Wildman–Crippen MR) is 89.3 cm³/mol. The summed E-state index contributed by atoms with van der Waals surface area (Å²) in [6.07, 6.45) is 1.57. The van der Waals surface area contributed by atoms with E-state index in [0.29, 0.717) is 16.5 Å². The average molecular weight is 333 g/mol. The summed E-state index contributed by atoms with van der Waals surface area (Å²) in [6, 6.07) is 10.6. The first kappa shape index (κ1) is 16.1. The zero-order valence-corrected chi connectivity index (χ0v) is 13.6. The third kappa shape index (κ3) is 3.88. The van der Waals surface area contributed by atoms with E-state index >= 15 is 0 Å². The number of hydrogen-bond donors (Lipinski definition) is 1. The molecule has 0 saturated heterocycles. The van der Waals surface area contributed by atoms with Crippen LogP contribution < -0.4 is 10.1 Å². The third-order valence-corrected chi connectivity index (χ3v) is 4.07. The van der Waals surface area contributed by atoms with Crippen molar-refractivity contribution in [3.05, 3.63) is 50.7 Å². The number of methoxy groups -OCH3 is 1. The van der Waals surface area contributed by atoms with E-state index in [-0.39, 0.29) is 5.57 Å². The molecule has 6 heteroatoms. The fraction of sp³-hybridized carbons (Fsp3) is 0.125. The SMILES string of the molecule is COc1ccc(NC(=O)/C(C#N)=C/c2ccc(C)s2)cc1Cl. The molecule has 1 aromatic heterocycles. The Balaban J connectivity index is 2.18. The molecule has 0 saturated carbocycles. The molecule has 0 aliphatic carbocycles. The Bertz CT molecular complexity index is 775. The van der Waals surface area contributed by atoms with Gasteiger partial charge in [0.05, 0.1) is 12.1 Å². The maximum absolute atomic E-state index is 12.1. The second-order valence-corrected chi connectivity index (χ2v) is 6.15. The second kappa shape index (κ2) is 7.12. The largest absolute Gasteiger partial charge is 0.495 e. The van der Waals surface area contributed by atoms with Gasteiger partial charge in [-0.15, -0.1) is 11.3 Å². The molecule has 0 atom stereocenters. The number of carbonyl (C=O) groups excluding carboxylic acids is 1. The fourth-order valence-corrected chi connectivity index (χ4v) is 2.84. The minimum Gasteiger partial charge on any atom is -0.495 e. The van der Waals surface area contributed by atoms with Crippen molar-refractivity contribution in [2.45, 2.75) is 6.92 Å². The van der Waals surface area contributed by atoms with Crippen LogP contribution in [0.25, 0.3) is 6.08 Å². The molecule has 1 aromatic carbocycles. The Labute approximate surface area is 137 Å². The topological polar surface area (TPSA) is 62.1 Å². The van der Waals surface area contributed by atoms with Gasteiger partial charge in [0, 0.05) is 15.4 Å². The van der Waals surface area contributed by atoms with E-state index in [2.05, 4.69) is 5.32 Å². The number of nitriles is 1. The summed E-state index contributed by atoms with van der Waals surface area (Å²) in [5.74, 6) is 0.0413. The molecule has 0 fully saturated rings. The summed E-state index contributed by atoms with van der Waals surface area (Å²) in [5, 5.41) is 12.2. The molecule has 22 heavy (non-hydrogen) atoms. The first-order valence-electron chi connectivity index (χ1n) is 6.36. The Hall–Kier alpha value is -2.29. The minimum absolute atomic E-state index is 0.0359. The first-order valence-corrected chi connectivity index (χ1v) is 7.56. The molecule has 1 amide bonds. The molecule has 2 rings (SSSR count). The van der Waals surface area contributed by atoms with Crippen LogP contribution in [0, 0.1) is 18.3 Å². The van der Waals surface area contributed by atoms with Gasteiger partial charge in [0.2, 0.25) is 0 Å². The van der Waals surface area contributed by atoms with Gasteiger partial charge < -0.3 is 10.1 Å². The van der Waals surface area contributed by atoms with Gasteiger partial charge >= 0.3 is 0 Å². The summed E-state index contributed by atoms with van der Waals surface area (Å²) >= 11 is 7.52. The fourth-order valence-electron chi connectivity index (χ4n) is 1.76. The van der Waals surface area contributed by atoms with Crippen molar-refractivity contribution in [1.82, 2.24) is 0 Å². The van der Waals surface area contributed by atoms with E-state index in [1.54, 1.807) is 24.3 Å². The van der Waals surface area contributed by atoms with E-state index in [9.17, 15) is 4.79 Å². The lowest BCUT2D eigenvalue weighted by atomic mass is 10.2. The number of ether oxygens (including phenoxy) is 1. The highest BCUT2D eigenvalue weighted by Gasteiger charge is 2.11. The Morgan fingerprint density at radius 1 is 1.41 bits per heavy atom. The number of anilines is 1. The van der Waals surface area contributed by atoms with Gasteiger partial charge in [-0.2, -0.15) is 5.26 Å². The first-order chi connectivity index (χ1) is 10.5. The smallest absolute Gasteiger partial charge is 0.266 e. The van der Waals surface area contributed by atoms with Crippen LogP contribution in [0.5, 0.6) is 5.75 Å². The van der Waals surface area contributed by atoms with Crippen molar-refractivity contribution in [1.29, 1.82) is 5.26 Å². The number of carbonyl (C=O) groups is 1. The van der Waals surface area contributed by atoms with Gasteiger partial charge in [-0.3, -0.25) is 4.79 Å². The third-order valence-electron chi connectivity index (χ3n) is 2.82. The lowest BCUT2D eigenvalue weighted by molar-refractivity contribution is -0.112. The number of aryl methyl sites for hydroxylation is 1. The van der Waals surface area contributed by atoms with Crippen molar-refractivity contribution in [3.8, 4) is 11.8 Å². The molecule has 0 spiro atoms. The molecule has 4 nitrogen and oxygen atoms in total. The normalized spacial score (nSPS) is 10.9. The number of rotatable bonds is 4. The number of thiophene rings is 1. The number of nitrogens with zero attached hydrogens (tertiary/aromatic N) is 1. The lowest BCUT2D eigenvalue weighted by Gasteiger charge is -2.07. The minimum atomic E-state index is -0.477. The summed E-state index contributed by atoms with van der Waals surface area (Å²) in [6.45, 7) is 1.97. The molecule has 0 radical (unpaired) electrons. The number of halogens is 1. The van der Waals surface area contributed by atoms with Crippen LogP contribution in [0.15, 0.2) is 35.9 Å². The van der Waals surface area contributed by atoms with E-state index in [4.69, 9.17) is 21.6 Å². The van der Waals surface area contributed by atoms with Crippen LogP contribution in [-0.2, 0) is 4.79 Å². The second-order valence-electron chi connectivity index (χ2n) is 4.42. The molecule has 0 bridgehead atoms. The van der Waals surface area contributed by atoms with Crippen LogP contribution in [0.4, 0.5) is 5.69 Å². The predicted octanol–water partition coefficient (Wildman–Crippen LogP) is 4.26. The molecule has 0 unspecified atom stereocenters. The molecule has 112 valence electrons. The molecule has 0 aliphatic heterocycles. The zero-order chi connectivity index (χ0) is 16.1. The van der Waals surface area contributed by atoms with Crippen LogP contribution in [0.3, 0.4) is 0 Å². The number of hydrogen-bond acceptors (Lipinski definition) is 4. The molecule has 1 N–H and O–H groups in total. The maximum atomic E-state index is 12.1. The Morgan fingerprint density at radius 3 is 2.73 bits per heavy atom. The van der Waals surface area contributed by atoms with Crippen LogP contribution in [-0.4, -0.2) is 13.0 Å². The van der Waals surface area contributed by atoms with Crippen LogP contribution in [0.2, 0.25) is 5.02 Å².